The summed E-state index contributed by atoms with van der Waals surface area (Å²) in [6.45, 7) is -1.83. The van der Waals surface area contributed by atoms with Gasteiger partial charge in [0.05, 0.1) is 32.3 Å². The molecular formula is C21H26N5O14P. The molecule has 41 heavy (non-hydrogen) atoms. The van der Waals surface area contributed by atoms with Crippen molar-refractivity contribution in [1.29, 1.82) is 5.26 Å². The van der Waals surface area contributed by atoms with Gasteiger partial charge in [-0.3, -0.25) is 37.7 Å². The molecule has 4 rings (SSSR count). The fourth-order valence-corrected chi connectivity index (χ4v) is 5.29. The smallest absolute Gasteiger partial charge is 0.394 e. The topological polar surface area (TPSA) is 278 Å². The summed E-state index contributed by atoms with van der Waals surface area (Å²) in [5, 5.41) is 39.4. The highest BCUT2D eigenvalue weighted by molar-refractivity contribution is 7.47. The average Bonchev–Trinajstić information content (AvgIpc) is 3.39. The maximum Gasteiger partial charge on any atom is 0.472 e. The van der Waals surface area contributed by atoms with E-state index in [0.717, 1.165) is 33.7 Å². The van der Waals surface area contributed by atoms with Crippen molar-refractivity contribution >= 4 is 7.82 Å². The lowest BCUT2D eigenvalue weighted by Crippen LogP contribution is -2.40. The number of aliphatic hydroxyl groups excluding tert-OH is 3. The van der Waals surface area contributed by atoms with Crippen LogP contribution in [-0.2, 0) is 27.8 Å². The van der Waals surface area contributed by atoms with E-state index in [9.17, 15) is 44.0 Å². The van der Waals surface area contributed by atoms with Crippen LogP contribution in [0.25, 0.3) is 0 Å². The minimum absolute atomic E-state index is 0.119. The van der Waals surface area contributed by atoms with Gasteiger partial charge in [0.15, 0.2) is 12.5 Å². The van der Waals surface area contributed by atoms with Crippen LogP contribution in [0, 0.1) is 11.3 Å². The van der Waals surface area contributed by atoms with Crippen LogP contribution in [0.15, 0.2) is 43.7 Å². The second kappa shape index (κ2) is 12.7. The van der Waals surface area contributed by atoms with Crippen LogP contribution in [0.5, 0.6) is 0 Å². The van der Waals surface area contributed by atoms with Crippen molar-refractivity contribution < 1.29 is 48.0 Å². The first-order valence-corrected chi connectivity index (χ1v) is 13.5. The molecule has 0 saturated carbocycles. The molecule has 224 valence electrons. The highest BCUT2D eigenvalue weighted by Crippen LogP contribution is 2.49. The molecule has 2 saturated heterocycles. The van der Waals surface area contributed by atoms with E-state index in [0.29, 0.717) is 0 Å². The van der Waals surface area contributed by atoms with Gasteiger partial charge >= 0.3 is 19.2 Å². The van der Waals surface area contributed by atoms with Crippen LogP contribution < -0.4 is 22.5 Å². The number of aliphatic hydroxyl groups is 3. The summed E-state index contributed by atoms with van der Waals surface area (Å²) >= 11 is 0. The summed E-state index contributed by atoms with van der Waals surface area (Å²) in [5.41, 5.74) is -3.28. The molecule has 0 radical (unpaired) electrons. The standard InChI is InChI=1S/C21H26N5O14P/c22-4-1-7-36-17-16(10(8-27)38-19(17)26-6-3-13(29)24-21(26)33)40-41(34,35)37-9-11-14(30)15(31)18(39-11)25-5-2-12(28)23-20(25)32/h2-3,5-6,10-11,14-19,27,30-31H,1,7-9H2,(H,34,35)(H,23,28,32)(H,24,29,33)/t10-,11-,14-,15-,16-,17-,18-,19-/m1/s1. The molecule has 2 aromatic rings. The molecule has 0 spiro atoms. The van der Waals surface area contributed by atoms with E-state index >= 15 is 0 Å². The highest BCUT2D eigenvalue weighted by atomic mass is 31.2. The summed E-state index contributed by atoms with van der Waals surface area (Å²) in [7, 11) is -5.08. The lowest BCUT2D eigenvalue weighted by Gasteiger charge is -2.26. The Morgan fingerprint density at radius 3 is 2.10 bits per heavy atom. The van der Waals surface area contributed by atoms with Gasteiger partial charge in [-0.1, -0.05) is 0 Å². The molecule has 19 nitrogen and oxygen atoms in total. The van der Waals surface area contributed by atoms with Gasteiger partial charge in [-0.2, -0.15) is 5.26 Å². The van der Waals surface area contributed by atoms with Crippen molar-refractivity contribution in [3.63, 3.8) is 0 Å². The van der Waals surface area contributed by atoms with Gasteiger partial charge in [0, 0.05) is 24.5 Å². The summed E-state index contributed by atoms with van der Waals surface area (Å²) in [4.78, 5) is 61.6. The number of ether oxygens (including phenoxy) is 3. The quantitative estimate of drug-likeness (QED) is 0.107. The van der Waals surface area contributed by atoms with Crippen LogP contribution in [0.1, 0.15) is 18.9 Å². The number of aromatic amines is 2. The van der Waals surface area contributed by atoms with Crippen LogP contribution in [0.3, 0.4) is 0 Å². The predicted octanol–water partition coefficient (Wildman–Crippen LogP) is -3.60. The van der Waals surface area contributed by atoms with Gasteiger partial charge in [-0.15, -0.1) is 0 Å². The van der Waals surface area contributed by atoms with Crippen molar-refractivity contribution in [1.82, 2.24) is 19.1 Å². The SMILES string of the molecule is N#CCCO[C@@H]1[C@H](OP(=O)(O)OC[C@H]2O[C@@H](n3ccc(=O)[nH]c3=O)[C@H](O)[C@@H]2O)[C@@H](CO)O[C@H]1n1ccc(=O)[nH]c1=O. The largest absolute Gasteiger partial charge is 0.472 e. The first-order valence-electron chi connectivity index (χ1n) is 12.0. The summed E-state index contributed by atoms with van der Waals surface area (Å²) in [5.74, 6) is 0. The summed E-state index contributed by atoms with van der Waals surface area (Å²) in [6.07, 6.45) is -9.95. The minimum Gasteiger partial charge on any atom is -0.394 e. The zero-order valence-electron chi connectivity index (χ0n) is 20.9. The van der Waals surface area contributed by atoms with Gasteiger partial charge in [0.25, 0.3) is 11.1 Å². The zero-order valence-corrected chi connectivity index (χ0v) is 21.8. The van der Waals surface area contributed by atoms with E-state index in [4.69, 9.17) is 28.5 Å². The van der Waals surface area contributed by atoms with Crippen molar-refractivity contribution in [2.45, 2.75) is 55.5 Å². The number of nitriles is 1. The Hall–Kier alpha value is -3.28. The Morgan fingerprint density at radius 2 is 1.54 bits per heavy atom. The molecule has 2 aromatic heterocycles. The first-order chi connectivity index (χ1) is 19.5. The number of hydrogen-bond donors (Lipinski definition) is 6. The van der Waals surface area contributed by atoms with Crippen LogP contribution in [0.2, 0.25) is 0 Å². The van der Waals surface area contributed by atoms with E-state index in [2.05, 4.69) is 0 Å². The first kappa shape index (κ1) is 30.7. The average molecular weight is 603 g/mol. The van der Waals surface area contributed by atoms with E-state index in [-0.39, 0.29) is 13.0 Å². The van der Waals surface area contributed by atoms with E-state index in [1.165, 1.54) is 0 Å². The lowest BCUT2D eigenvalue weighted by molar-refractivity contribution is -0.0740. The third-order valence-corrected chi connectivity index (χ3v) is 7.22. The molecule has 2 fully saturated rings. The van der Waals surface area contributed by atoms with Crippen LogP contribution in [0.4, 0.5) is 0 Å². The molecule has 4 heterocycles. The molecular weight excluding hydrogens is 577 g/mol. The molecule has 9 atom stereocenters. The molecule has 0 aromatic carbocycles. The zero-order chi connectivity index (χ0) is 29.9. The second-order valence-corrected chi connectivity index (χ2v) is 10.3. The number of hydrogen-bond acceptors (Lipinski definition) is 14. The molecule has 2 aliphatic rings. The Morgan fingerprint density at radius 1 is 0.951 bits per heavy atom. The van der Waals surface area contributed by atoms with Crippen molar-refractivity contribution in [3.8, 4) is 6.07 Å². The van der Waals surface area contributed by atoms with Gasteiger partial charge in [-0.25, -0.2) is 14.2 Å². The van der Waals surface area contributed by atoms with Gasteiger partial charge in [-0.05, 0) is 0 Å². The molecule has 0 aliphatic carbocycles. The third-order valence-electron chi connectivity index (χ3n) is 6.23. The van der Waals surface area contributed by atoms with Crippen molar-refractivity contribution in [2.24, 2.45) is 0 Å². The lowest BCUT2D eigenvalue weighted by atomic mass is 10.1. The van der Waals surface area contributed by atoms with Gasteiger partial charge < -0.3 is 34.4 Å². The van der Waals surface area contributed by atoms with E-state index < -0.39 is 92.6 Å². The van der Waals surface area contributed by atoms with Crippen molar-refractivity contribution in [3.05, 3.63) is 66.2 Å². The fraction of sp³-hybridized carbons (Fsp3) is 0.571. The van der Waals surface area contributed by atoms with E-state index in [1.54, 1.807) is 0 Å². The number of phosphoric ester groups is 1. The Labute approximate surface area is 228 Å². The molecule has 20 heteroatoms. The number of phosphoric acid groups is 1. The minimum atomic E-state index is -5.08. The van der Waals surface area contributed by atoms with Crippen LogP contribution in [-0.4, -0.2) is 95.8 Å². The molecule has 2 aliphatic heterocycles. The van der Waals surface area contributed by atoms with Gasteiger partial charge in [0.2, 0.25) is 0 Å². The maximum atomic E-state index is 12.9. The molecule has 0 amide bonds. The fourth-order valence-electron chi connectivity index (χ4n) is 4.33. The highest BCUT2D eigenvalue weighted by Gasteiger charge is 2.51. The van der Waals surface area contributed by atoms with Gasteiger partial charge in [0.1, 0.15) is 36.6 Å². The monoisotopic (exact) mass is 603 g/mol. The third kappa shape index (κ3) is 6.79. The molecule has 6 N–H and O–H groups in total. The number of rotatable bonds is 11. The predicted molar refractivity (Wildman–Crippen MR) is 130 cm³/mol. The van der Waals surface area contributed by atoms with E-state index in [1.807, 2.05) is 16.0 Å². The second-order valence-electron chi connectivity index (χ2n) is 8.91. The number of nitrogens with one attached hydrogen (secondary N) is 2. The summed E-state index contributed by atoms with van der Waals surface area (Å²) < 4.78 is 41.5. The molecule has 0 bridgehead atoms. The van der Waals surface area contributed by atoms with Crippen molar-refractivity contribution in [2.75, 3.05) is 19.8 Å². The Kier molecular flexibility index (Phi) is 9.51. The number of nitrogens with zero attached hydrogens (tertiary/aromatic N) is 3. The number of H-pyrrole nitrogens is 2. The van der Waals surface area contributed by atoms with Crippen LogP contribution >= 0.6 is 7.82 Å². The summed E-state index contributed by atoms with van der Waals surface area (Å²) in [6, 6.07) is 3.83. The Balaban J connectivity index is 1.49. The normalized spacial score (nSPS) is 31.1. The maximum absolute atomic E-state index is 12.9. The molecule has 1 unspecified atom stereocenters. The Bertz CT molecular complexity index is 1550. The number of aromatic nitrogens is 4.